The van der Waals surface area contributed by atoms with Crippen LogP contribution >= 0.6 is 11.8 Å². The van der Waals surface area contributed by atoms with E-state index in [2.05, 4.69) is 4.99 Å². The van der Waals surface area contributed by atoms with Crippen molar-refractivity contribution in [2.45, 2.75) is 38.5 Å². The number of carbonyl (C=O) groups excluding carboxylic acids is 1. The van der Waals surface area contributed by atoms with Gasteiger partial charge in [-0.3, -0.25) is 4.79 Å². The van der Waals surface area contributed by atoms with Gasteiger partial charge in [0.15, 0.2) is 0 Å². The Morgan fingerprint density at radius 1 is 1.31 bits per heavy atom. The lowest BCUT2D eigenvalue weighted by atomic mass is 9.87. The summed E-state index contributed by atoms with van der Waals surface area (Å²) < 4.78 is 0. The number of aliphatic imine (C=N–C) groups is 1. The summed E-state index contributed by atoms with van der Waals surface area (Å²) in [6.07, 6.45) is 7.89. The van der Waals surface area contributed by atoms with Gasteiger partial charge in [-0.15, -0.1) is 11.8 Å². The van der Waals surface area contributed by atoms with Crippen LogP contribution < -0.4 is 0 Å². The maximum atomic E-state index is 10.9. The first-order valence-electron chi connectivity index (χ1n) is 5.08. The molecule has 0 saturated heterocycles. The average molecular weight is 197 g/mol. The molecule has 0 aromatic heterocycles. The van der Waals surface area contributed by atoms with Crippen LogP contribution in [-0.2, 0) is 4.79 Å². The minimum absolute atomic E-state index is 0.0656. The van der Waals surface area contributed by atoms with Gasteiger partial charge in [-0.1, -0.05) is 32.1 Å². The fourth-order valence-electron chi connectivity index (χ4n) is 2.09. The van der Waals surface area contributed by atoms with Gasteiger partial charge in [0.1, 0.15) is 0 Å². The van der Waals surface area contributed by atoms with Crippen LogP contribution in [0.1, 0.15) is 38.5 Å². The van der Waals surface area contributed by atoms with Gasteiger partial charge in [0, 0.05) is 0 Å². The number of nitrogens with zero attached hydrogens (tertiary/aromatic N) is 1. The summed E-state index contributed by atoms with van der Waals surface area (Å²) >= 11 is 1.64. The molecule has 2 rings (SSSR count). The molecule has 0 bridgehead atoms. The maximum absolute atomic E-state index is 10.9. The van der Waals surface area contributed by atoms with Crippen LogP contribution in [0.15, 0.2) is 4.99 Å². The summed E-state index contributed by atoms with van der Waals surface area (Å²) in [6, 6.07) is 0. The number of rotatable bonds is 2. The van der Waals surface area contributed by atoms with Crippen molar-refractivity contribution in [1.82, 2.24) is 0 Å². The van der Waals surface area contributed by atoms with E-state index in [1.54, 1.807) is 11.8 Å². The maximum Gasteiger partial charge on any atom is 0.256 e. The molecule has 1 aliphatic carbocycles. The van der Waals surface area contributed by atoms with Gasteiger partial charge in [0.05, 0.1) is 10.8 Å². The summed E-state index contributed by atoms with van der Waals surface area (Å²) in [5.74, 6) is 1.46. The largest absolute Gasteiger partial charge is 0.272 e. The molecule has 0 spiro atoms. The zero-order chi connectivity index (χ0) is 9.10. The normalized spacial score (nSPS) is 24.9. The van der Waals surface area contributed by atoms with Crippen LogP contribution in [0, 0.1) is 5.92 Å². The Morgan fingerprint density at radius 2 is 2.08 bits per heavy atom. The first-order valence-corrected chi connectivity index (χ1v) is 6.06. The Balaban J connectivity index is 1.83. The third-order valence-electron chi connectivity index (χ3n) is 2.80. The lowest BCUT2D eigenvalue weighted by Crippen LogP contribution is -2.09. The number of thioether (sulfide) groups is 1. The fourth-order valence-corrected chi connectivity index (χ4v) is 2.97. The van der Waals surface area contributed by atoms with E-state index in [0.29, 0.717) is 5.75 Å². The Hall–Kier alpha value is -0.310. The predicted molar refractivity (Wildman–Crippen MR) is 56.1 cm³/mol. The van der Waals surface area contributed by atoms with E-state index in [0.717, 1.165) is 17.4 Å². The van der Waals surface area contributed by atoms with Crippen LogP contribution in [0.4, 0.5) is 0 Å². The standard InChI is InChI=1S/C10H15NOS/c12-9-7-13-10(11-9)6-8-4-2-1-3-5-8/h8H,1-7H2. The molecule has 0 N–H and O–H groups in total. The SMILES string of the molecule is O=C1CSC(CC2CCCCC2)=N1. The van der Waals surface area contributed by atoms with E-state index in [4.69, 9.17) is 0 Å². The second-order valence-electron chi connectivity index (χ2n) is 3.90. The second kappa shape index (κ2) is 4.27. The molecule has 1 heterocycles. The van der Waals surface area contributed by atoms with Crippen molar-refractivity contribution in [2.75, 3.05) is 5.75 Å². The van der Waals surface area contributed by atoms with Crippen molar-refractivity contribution >= 4 is 22.7 Å². The van der Waals surface area contributed by atoms with Gasteiger partial charge in [0.2, 0.25) is 0 Å². The Bertz CT molecular complexity index is 231. The van der Waals surface area contributed by atoms with Crippen molar-refractivity contribution in [3.63, 3.8) is 0 Å². The van der Waals surface area contributed by atoms with Crippen LogP contribution in [0.5, 0.6) is 0 Å². The van der Waals surface area contributed by atoms with Crippen LogP contribution in [0.2, 0.25) is 0 Å². The highest BCUT2D eigenvalue weighted by atomic mass is 32.2. The summed E-state index contributed by atoms with van der Waals surface area (Å²) in [7, 11) is 0. The molecule has 1 amide bonds. The summed E-state index contributed by atoms with van der Waals surface area (Å²) in [5.41, 5.74) is 0. The van der Waals surface area contributed by atoms with E-state index in [-0.39, 0.29) is 5.91 Å². The average Bonchev–Trinajstić information content (AvgIpc) is 2.53. The van der Waals surface area contributed by atoms with E-state index in [1.807, 2.05) is 0 Å². The molecule has 2 nitrogen and oxygen atoms in total. The van der Waals surface area contributed by atoms with Crippen molar-refractivity contribution in [3.8, 4) is 0 Å². The van der Waals surface area contributed by atoms with Gasteiger partial charge >= 0.3 is 0 Å². The highest BCUT2D eigenvalue weighted by Gasteiger charge is 2.20. The number of hydrogen-bond acceptors (Lipinski definition) is 2. The zero-order valence-electron chi connectivity index (χ0n) is 7.79. The molecule has 0 aromatic carbocycles. The molecule has 13 heavy (non-hydrogen) atoms. The quantitative estimate of drug-likeness (QED) is 0.681. The Labute approximate surface area is 83.2 Å². The minimum atomic E-state index is 0.0656. The molecule has 1 saturated carbocycles. The first kappa shape index (κ1) is 9.25. The van der Waals surface area contributed by atoms with Crippen LogP contribution in [0.3, 0.4) is 0 Å². The van der Waals surface area contributed by atoms with Gasteiger partial charge in [-0.05, 0) is 12.3 Å². The monoisotopic (exact) mass is 197 g/mol. The third-order valence-corrected chi connectivity index (χ3v) is 3.78. The molecule has 1 fully saturated rings. The Morgan fingerprint density at radius 3 is 2.69 bits per heavy atom. The van der Waals surface area contributed by atoms with Crippen molar-refractivity contribution < 1.29 is 4.79 Å². The van der Waals surface area contributed by atoms with Crippen LogP contribution in [-0.4, -0.2) is 16.7 Å². The van der Waals surface area contributed by atoms with Crippen molar-refractivity contribution in [1.29, 1.82) is 0 Å². The number of hydrogen-bond donors (Lipinski definition) is 0. The molecular weight excluding hydrogens is 182 g/mol. The predicted octanol–water partition coefficient (Wildman–Crippen LogP) is 2.63. The highest BCUT2D eigenvalue weighted by molar-refractivity contribution is 8.15. The lowest BCUT2D eigenvalue weighted by Gasteiger charge is -2.20. The molecule has 72 valence electrons. The van der Waals surface area contributed by atoms with Crippen molar-refractivity contribution in [3.05, 3.63) is 0 Å². The van der Waals surface area contributed by atoms with Crippen LogP contribution in [0.25, 0.3) is 0 Å². The van der Waals surface area contributed by atoms with Gasteiger partial charge in [0.25, 0.3) is 5.91 Å². The number of amides is 1. The van der Waals surface area contributed by atoms with E-state index >= 15 is 0 Å². The fraction of sp³-hybridized carbons (Fsp3) is 0.800. The molecule has 0 atom stereocenters. The molecular formula is C10H15NOS. The molecule has 0 aromatic rings. The van der Waals surface area contributed by atoms with E-state index in [9.17, 15) is 4.79 Å². The molecule has 3 heteroatoms. The lowest BCUT2D eigenvalue weighted by molar-refractivity contribution is -0.115. The van der Waals surface area contributed by atoms with Crippen molar-refractivity contribution in [2.24, 2.45) is 10.9 Å². The van der Waals surface area contributed by atoms with Gasteiger partial charge in [-0.2, -0.15) is 0 Å². The zero-order valence-corrected chi connectivity index (χ0v) is 8.61. The molecule has 1 aliphatic heterocycles. The van der Waals surface area contributed by atoms with Gasteiger partial charge < -0.3 is 0 Å². The molecule has 0 radical (unpaired) electrons. The molecule has 2 aliphatic rings. The summed E-state index contributed by atoms with van der Waals surface area (Å²) in [4.78, 5) is 14.9. The number of carbonyl (C=O) groups is 1. The summed E-state index contributed by atoms with van der Waals surface area (Å²) in [5, 5.41) is 1.09. The van der Waals surface area contributed by atoms with E-state index < -0.39 is 0 Å². The second-order valence-corrected chi connectivity index (χ2v) is 4.94. The van der Waals surface area contributed by atoms with Gasteiger partial charge in [-0.25, -0.2) is 4.99 Å². The minimum Gasteiger partial charge on any atom is -0.272 e. The Kier molecular flexibility index (Phi) is 3.04. The first-order chi connectivity index (χ1) is 6.34. The highest BCUT2D eigenvalue weighted by Crippen LogP contribution is 2.29. The smallest absolute Gasteiger partial charge is 0.256 e. The van der Waals surface area contributed by atoms with E-state index in [1.165, 1.54) is 32.1 Å². The topological polar surface area (TPSA) is 29.4 Å². The summed E-state index contributed by atoms with van der Waals surface area (Å²) in [6.45, 7) is 0. The third kappa shape index (κ3) is 2.56. The molecule has 0 unspecified atom stereocenters.